The fraction of sp³-hybridized carbons (Fsp3) is 0.353. The first-order chi connectivity index (χ1) is 22.4. The number of hydrogen-bond acceptors (Lipinski definition) is 8. The molecule has 0 unspecified atom stereocenters. The number of carbonyl (C=O) groups excluding carboxylic acids is 1. The highest BCUT2D eigenvalue weighted by Crippen LogP contribution is 2.50. The molecule has 8 rings (SSSR count). The van der Waals surface area contributed by atoms with E-state index < -0.39 is 11.6 Å². The number of fused-ring (bicyclic) bond motifs is 4. The van der Waals surface area contributed by atoms with Gasteiger partial charge in [0.05, 0.1) is 39.3 Å². The lowest BCUT2D eigenvalue weighted by Crippen LogP contribution is -2.22. The number of thiophene rings is 1. The highest BCUT2D eigenvalue weighted by molar-refractivity contribution is 7.23. The molecule has 0 aliphatic carbocycles. The van der Waals surface area contributed by atoms with E-state index in [2.05, 4.69) is 15.5 Å². The summed E-state index contributed by atoms with van der Waals surface area (Å²) >= 11 is 1.48. The third-order valence-corrected chi connectivity index (χ3v) is 10.5. The first-order valence-corrected chi connectivity index (χ1v) is 16.5. The van der Waals surface area contributed by atoms with Crippen LogP contribution in [-0.2, 0) is 17.7 Å². The fourth-order valence-corrected chi connectivity index (χ4v) is 8.25. The highest BCUT2D eigenvalue weighted by Gasteiger charge is 2.44. The number of amides is 1. The zero-order chi connectivity index (χ0) is 31.4. The average Bonchev–Trinajstić information content (AvgIpc) is 3.86. The molecule has 9 nitrogen and oxygen atoms in total. The van der Waals surface area contributed by atoms with Gasteiger partial charge >= 0.3 is 0 Å². The van der Waals surface area contributed by atoms with E-state index in [1.807, 2.05) is 17.0 Å². The van der Waals surface area contributed by atoms with E-state index in [9.17, 15) is 18.4 Å². The quantitative estimate of drug-likeness (QED) is 0.190. The van der Waals surface area contributed by atoms with Gasteiger partial charge in [-0.25, -0.2) is 13.8 Å². The molecule has 2 fully saturated rings. The Morgan fingerprint density at radius 1 is 1.02 bits per heavy atom. The Hall–Kier alpha value is -4.42. The molecule has 1 aromatic carbocycles. The van der Waals surface area contributed by atoms with Crippen LogP contribution in [0.5, 0.6) is 0 Å². The SMILES string of the molecule is O=C1c2c(nc(CCC3CCOCC3)c(-c3cc(=O)[nH]o3)c2-c2cc3ccnc(NCc4ccc(F)c(F)c4)c3s2)[C@H]2CCCN12. The number of hydrogen-bond donors (Lipinski definition) is 2. The molecule has 0 saturated carbocycles. The molecule has 4 aromatic heterocycles. The van der Waals surface area contributed by atoms with Crippen molar-refractivity contribution in [1.82, 2.24) is 20.0 Å². The summed E-state index contributed by atoms with van der Waals surface area (Å²) in [5.74, 6) is -0.413. The van der Waals surface area contributed by atoms with Crippen LogP contribution in [0.3, 0.4) is 0 Å². The second-order valence-electron chi connectivity index (χ2n) is 12.2. The van der Waals surface area contributed by atoms with Gasteiger partial charge in [0.2, 0.25) is 0 Å². The average molecular weight is 644 g/mol. The van der Waals surface area contributed by atoms with Crippen molar-refractivity contribution >= 4 is 33.1 Å². The minimum atomic E-state index is -0.905. The smallest absolute Gasteiger partial charge is 0.280 e. The minimum Gasteiger partial charge on any atom is -0.381 e. The Kier molecular flexibility index (Phi) is 7.41. The number of nitrogens with zero attached hydrogens (tertiary/aromatic N) is 3. The van der Waals surface area contributed by atoms with Gasteiger partial charge in [-0.05, 0) is 79.7 Å². The maximum atomic E-state index is 14.1. The number of aromatic nitrogens is 3. The summed E-state index contributed by atoms with van der Waals surface area (Å²) in [4.78, 5) is 39.0. The zero-order valence-corrected chi connectivity index (χ0v) is 25.7. The van der Waals surface area contributed by atoms with Crippen LogP contribution in [0.15, 0.2) is 51.9 Å². The van der Waals surface area contributed by atoms with Crippen LogP contribution < -0.4 is 10.9 Å². The number of pyridine rings is 2. The molecule has 0 bridgehead atoms. The number of anilines is 1. The molecule has 3 aliphatic heterocycles. The van der Waals surface area contributed by atoms with Crippen molar-refractivity contribution in [3.8, 4) is 21.8 Å². The number of rotatable bonds is 8. The van der Waals surface area contributed by atoms with Crippen LogP contribution >= 0.6 is 11.3 Å². The molecule has 5 aromatic rings. The second kappa shape index (κ2) is 11.7. The van der Waals surface area contributed by atoms with Crippen LogP contribution in [0.25, 0.3) is 31.9 Å². The summed E-state index contributed by atoms with van der Waals surface area (Å²) in [5.41, 5.74) is 3.77. The van der Waals surface area contributed by atoms with Gasteiger partial charge in [-0.3, -0.25) is 14.6 Å². The third kappa shape index (κ3) is 5.09. The molecule has 46 heavy (non-hydrogen) atoms. The number of H-pyrrole nitrogens is 1. The lowest BCUT2D eigenvalue weighted by Gasteiger charge is -2.23. The first kappa shape index (κ1) is 29.0. The fourth-order valence-electron chi connectivity index (χ4n) is 7.07. The standard InChI is InChI=1S/C34H31F2N5O4S/c35-21-5-3-19(14-22(21)36)17-38-33-32-20(7-10-37-33)15-26(46-32)29-28(25-16-27(42)40-45-25)23(6-4-18-8-12-44-13-9-18)39-31-24-2-1-11-41(24)34(43)30(29)31/h3,5,7,10,14-16,18,24H,1-2,4,6,8-9,11-13,17H2,(H,37,38)(H,40,42)/t24-/m1/s1. The molecule has 7 heterocycles. The van der Waals surface area contributed by atoms with E-state index in [-0.39, 0.29) is 24.1 Å². The number of benzene rings is 1. The third-order valence-electron chi connectivity index (χ3n) is 9.37. The van der Waals surface area contributed by atoms with Crippen molar-refractivity contribution in [3.63, 3.8) is 0 Å². The molecule has 2 saturated heterocycles. The Morgan fingerprint density at radius 2 is 1.89 bits per heavy atom. The Balaban J connectivity index is 1.27. The van der Waals surface area contributed by atoms with E-state index in [0.29, 0.717) is 47.2 Å². The van der Waals surface area contributed by atoms with E-state index in [4.69, 9.17) is 14.2 Å². The summed E-state index contributed by atoms with van der Waals surface area (Å²) in [7, 11) is 0. The number of halogens is 2. The first-order valence-electron chi connectivity index (χ1n) is 15.7. The molecule has 1 atom stereocenters. The van der Waals surface area contributed by atoms with Crippen molar-refractivity contribution in [2.24, 2.45) is 5.92 Å². The van der Waals surface area contributed by atoms with E-state index in [1.165, 1.54) is 29.5 Å². The summed E-state index contributed by atoms with van der Waals surface area (Å²) in [6.07, 6.45) is 7.04. The molecule has 236 valence electrons. The molecule has 2 N–H and O–H groups in total. The van der Waals surface area contributed by atoms with Gasteiger partial charge in [0.15, 0.2) is 17.4 Å². The Morgan fingerprint density at radius 3 is 2.70 bits per heavy atom. The normalized spacial score (nSPS) is 18.0. The van der Waals surface area contributed by atoms with Crippen LogP contribution in [0.4, 0.5) is 14.6 Å². The molecular weight excluding hydrogens is 612 g/mol. The predicted molar refractivity (Wildman–Crippen MR) is 170 cm³/mol. The van der Waals surface area contributed by atoms with Gasteiger partial charge in [-0.15, -0.1) is 11.3 Å². The molecule has 3 aliphatic rings. The largest absolute Gasteiger partial charge is 0.381 e. The van der Waals surface area contributed by atoms with Crippen LogP contribution in [-0.4, -0.2) is 45.7 Å². The van der Waals surface area contributed by atoms with Gasteiger partial charge in [0.1, 0.15) is 5.82 Å². The topological polar surface area (TPSA) is 113 Å². The van der Waals surface area contributed by atoms with Crippen LogP contribution in [0.2, 0.25) is 0 Å². The van der Waals surface area contributed by atoms with Gasteiger partial charge < -0.3 is 19.5 Å². The second-order valence-corrected chi connectivity index (χ2v) is 13.2. The van der Waals surface area contributed by atoms with Gasteiger partial charge in [-0.1, -0.05) is 6.07 Å². The van der Waals surface area contributed by atoms with Crippen molar-refractivity contribution in [1.29, 1.82) is 0 Å². The maximum Gasteiger partial charge on any atom is 0.280 e. The summed E-state index contributed by atoms with van der Waals surface area (Å²) < 4.78 is 39.5. The molecule has 1 amide bonds. The molecule has 12 heteroatoms. The predicted octanol–water partition coefficient (Wildman–Crippen LogP) is 6.85. The van der Waals surface area contributed by atoms with Gasteiger partial charge in [0.25, 0.3) is 11.5 Å². The van der Waals surface area contributed by atoms with Crippen molar-refractivity contribution in [3.05, 3.63) is 87.1 Å². The molecular formula is C34H31F2N5O4S. The summed E-state index contributed by atoms with van der Waals surface area (Å²) in [6, 6.07) is 9.10. The lowest BCUT2D eigenvalue weighted by atomic mass is 9.89. The van der Waals surface area contributed by atoms with E-state index >= 15 is 0 Å². The monoisotopic (exact) mass is 643 g/mol. The minimum absolute atomic E-state index is 0.0534. The number of aryl methyl sites for hydroxylation is 1. The molecule has 0 spiro atoms. The number of nitrogens with one attached hydrogen (secondary N) is 2. The Labute approximate surface area is 266 Å². The van der Waals surface area contributed by atoms with Crippen molar-refractivity contribution in [2.45, 2.75) is 51.1 Å². The number of ether oxygens (including phenoxy) is 1. The maximum absolute atomic E-state index is 14.1. The zero-order valence-electron chi connectivity index (χ0n) is 24.9. The van der Waals surface area contributed by atoms with E-state index in [0.717, 1.165) is 83.3 Å². The molecule has 0 radical (unpaired) electrons. The van der Waals surface area contributed by atoms with E-state index in [1.54, 1.807) is 6.20 Å². The van der Waals surface area contributed by atoms with Crippen LogP contribution in [0.1, 0.15) is 65.5 Å². The summed E-state index contributed by atoms with van der Waals surface area (Å²) in [6.45, 7) is 2.42. The van der Waals surface area contributed by atoms with Gasteiger partial charge in [-0.2, -0.15) is 5.16 Å². The highest BCUT2D eigenvalue weighted by atomic mass is 32.1. The summed E-state index contributed by atoms with van der Waals surface area (Å²) in [5, 5.41) is 6.62. The number of carbonyl (C=O) groups is 1. The van der Waals surface area contributed by atoms with Crippen molar-refractivity contribution < 1.29 is 22.8 Å². The van der Waals surface area contributed by atoms with Crippen molar-refractivity contribution in [2.75, 3.05) is 25.1 Å². The van der Waals surface area contributed by atoms with Gasteiger partial charge in [0, 0.05) is 42.9 Å². The van der Waals surface area contributed by atoms with Crippen LogP contribution in [0, 0.1) is 17.6 Å². The Bertz CT molecular complexity index is 2030. The number of aromatic amines is 1. The lowest BCUT2D eigenvalue weighted by molar-refractivity contribution is 0.0639.